The lowest BCUT2D eigenvalue weighted by molar-refractivity contribution is 0.482. The maximum absolute atomic E-state index is 6.13. The van der Waals surface area contributed by atoms with Crippen LogP contribution in [-0.2, 0) is 0 Å². The second-order valence-corrected chi connectivity index (χ2v) is 4.97. The van der Waals surface area contributed by atoms with Crippen LogP contribution in [0.4, 0.5) is 0 Å². The predicted octanol–water partition coefficient (Wildman–Crippen LogP) is 4.97. The van der Waals surface area contributed by atoms with Gasteiger partial charge in [0.1, 0.15) is 5.75 Å². The van der Waals surface area contributed by atoms with Gasteiger partial charge in [-0.15, -0.1) is 0 Å². The predicted molar refractivity (Wildman–Crippen MR) is 80.1 cm³/mol. The average Bonchev–Trinajstić information content (AvgIpc) is 2.90. The smallest absolute Gasteiger partial charge is 0.165 e. The largest absolute Gasteiger partial charge is 0.454 e. The van der Waals surface area contributed by atoms with Gasteiger partial charge in [-0.1, -0.05) is 35.3 Å². The molecule has 3 aromatic rings. The van der Waals surface area contributed by atoms with Crippen LogP contribution in [0.5, 0.6) is 11.5 Å². The molecule has 0 spiro atoms. The highest BCUT2D eigenvalue weighted by molar-refractivity contribution is 6.32. The first-order valence-electron chi connectivity index (χ1n) is 5.95. The molecule has 0 amide bonds. The Labute approximate surface area is 126 Å². The fourth-order valence-electron chi connectivity index (χ4n) is 1.77. The molecule has 5 heteroatoms. The molecule has 3 nitrogen and oxygen atoms in total. The second kappa shape index (κ2) is 5.57. The first-order valence-corrected chi connectivity index (χ1v) is 6.71. The standard InChI is InChI=1S/C15H10Cl2N2O/c16-11-5-7-12(8-6-11)20-13-9-18-19(10-13)15-4-2-1-3-14(15)17/h1-10H. The number of aromatic nitrogens is 2. The van der Waals surface area contributed by atoms with E-state index in [0.717, 1.165) is 5.69 Å². The Morgan fingerprint density at radius 1 is 0.900 bits per heavy atom. The van der Waals surface area contributed by atoms with Gasteiger partial charge in [-0.05, 0) is 36.4 Å². The molecule has 0 radical (unpaired) electrons. The second-order valence-electron chi connectivity index (χ2n) is 4.13. The van der Waals surface area contributed by atoms with Crippen molar-refractivity contribution in [2.45, 2.75) is 0 Å². The molecule has 0 aliphatic heterocycles. The molecule has 20 heavy (non-hydrogen) atoms. The van der Waals surface area contributed by atoms with Crippen LogP contribution in [0.15, 0.2) is 60.9 Å². The summed E-state index contributed by atoms with van der Waals surface area (Å²) >= 11 is 12.0. The van der Waals surface area contributed by atoms with Crippen molar-refractivity contribution in [2.24, 2.45) is 0 Å². The highest BCUT2D eigenvalue weighted by Crippen LogP contribution is 2.25. The van der Waals surface area contributed by atoms with Gasteiger partial charge >= 0.3 is 0 Å². The Morgan fingerprint density at radius 3 is 2.40 bits per heavy atom. The summed E-state index contributed by atoms with van der Waals surface area (Å²) < 4.78 is 7.36. The minimum absolute atomic E-state index is 0.632. The molecule has 0 aliphatic rings. The van der Waals surface area contributed by atoms with Crippen LogP contribution in [0.1, 0.15) is 0 Å². The minimum Gasteiger partial charge on any atom is -0.454 e. The number of benzene rings is 2. The van der Waals surface area contributed by atoms with Gasteiger partial charge in [0, 0.05) is 5.02 Å². The third kappa shape index (κ3) is 2.79. The molecule has 100 valence electrons. The lowest BCUT2D eigenvalue weighted by Gasteiger charge is -2.03. The summed E-state index contributed by atoms with van der Waals surface area (Å²) in [4.78, 5) is 0. The van der Waals surface area contributed by atoms with Crippen LogP contribution in [0, 0.1) is 0 Å². The SMILES string of the molecule is Clc1ccc(Oc2cnn(-c3ccccc3Cl)c2)cc1. The maximum Gasteiger partial charge on any atom is 0.165 e. The normalized spacial score (nSPS) is 10.5. The van der Waals surface area contributed by atoms with E-state index in [4.69, 9.17) is 27.9 Å². The lowest BCUT2D eigenvalue weighted by atomic mass is 10.3. The van der Waals surface area contributed by atoms with Crippen LogP contribution in [0.25, 0.3) is 5.69 Å². The zero-order valence-corrected chi connectivity index (χ0v) is 11.8. The van der Waals surface area contributed by atoms with Crippen LogP contribution < -0.4 is 4.74 Å². The molecule has 0 fully saturated rings. The van der Waals surface area contributed by atoms with E-state index in [1.807, 2.05) is 24.3 Å². The van der Waals surface area contributed by atoms with E-state index in [0.29, 0.717) is 21.5 Å². The van der Waals surface area contributed by atoms with Crippen molar-refractivity contribution in [1.82, 2.24) is 9.78 Å². The van der Waals surface area contributed by atoms with E-state index in [1.54, 1.807) is 41.3 Å². The van der Waals surface area contributed by atoms with Gasteiger partial charge < -0.3 is 4.74 Å². The highest BCUT2D eigenvalue weighted by atomic mass is 35.5. The van der Waals surface area contributed by atoms with Gasteiger partial charge in [0.15, 0.2) is 5.75 Å². The molecule has 1 heterocycles. The molecule has 0 N–H and O–H groups in total. The Balaban J connectivity index is 1.84. The summed E-state index contributed by atoms with van der Waals surface area (Å²) in [6, 6.07) is 14.6. The molecule has 0 saturated heterocycles. The number of ether oxygens (including phenoxy) is 1. The number of para-hydroxylation sites is 1. The molecule has 1 aromatic heterocycles. The van der Waals surface area contributed by atoms with E-state index in [9.17, 15) is 0 Å². The maximum atomic E-state index is 6.13. The van der Waals surface area contributed by atoms with Gasteiger partial charge in [-0.25, -0.2) is 4.68 Å². The molecule has 2 aromatic carbocycles. The van der Waals surface area contributed by atoms with Gasteiger partial charge in [0.2, 0.25) is 0 Å². The van der Waals surface area contributed by atoms with Gasteiger partial charge in [-0.3, -0.25) is 0 Å². The number of nitrogens with zero attached hydrogens (tertiary/aromatic N) is 2. The number of hydrogen-bond donors (Lipinski definition) is 0. The molecule has 0 saturated carbocycles. The van der Waals surface area contributed by atoms with Crippen molar-refractivity contribution in [1.29, 1.82) is 0 Å². The van der Waals surface area contributed by atoms with Gasteiger partial charge in [-0.2, -0.15) is 5.10 Å². The third-order valence-corrected chi connectivity index (χ3v) is 3.28. The van der Waals surface area contributed by atoms with Crippen molar-refractivity contribution in [2.75, 3.05) is 0 Å². The quantitative estimate of drug-likeness (QED) is 0.683. The van der Waals surface area contributed by atoms with E-state index in [1.165, 1.54) is 0 Å². The van der Waals surface area contributed by atoms with E-state index in [-0.39, 0.29) is 0 Å². The number of rotatable bonds is 3. The fourth-order valence-corrected chi connectivity index (χ4v) is 2.12. The van der Waals surface area contributed by atoms with Crippen LogP contribution in [0.3, 0.4) is 0 Å². The Morgan fingerprint density at radius 2 is 1.65 bits per heavy atom. The summed E-state index contributed by atoms with van der Waals surface area (Å²) in [6.07, 6.45) is 3.41. The molecule has 0 aliphatic carbocycles. The first kappa shape index (κ1) is 13.0. The summed E-state index contributed by atoms with van der Waals surface area (Å²) in [5.74, 6) is 1.33. The summed E-state index contributed by atoms with van der Waals surface area (Å²) in [7, 11) is 0. The van der Waals surface area contributed by atoms with E-state index in [2.05, 4.69) is 5.10 Å². The minimum atomic E-state index is 0.632. The Hall–Kier alpha value is -1.97. The molecule has 0 unspecified atom stereocenters. The van der Waals surface area contributed by atoms with Crippen LogP contribution in [0.2, 0.25) is 10.0 Å². The molecular weight excluding hydrogens is 295 g/mol. The van der Waals surface area contributed by atoms with Crippen LogP contribution in [-0.4, -0.2) is 9.78 Å². The first-order chi connectivity index (χ1) is 9.72. The highest BCUT2D eigenvalue weighted by Gasteiger charge is 2.06. The van der Waals surface area contributed by atoms with Gasteiger partial charge in [0.05, 0.1) is 23.1 Å². The van der Waals surface area contributed by atoms with Crippen molar-refractivity contribution in [3.05, 3.63) is 71.0 Å². The Bertz CT molecular complexity index is 723. The van der Waals surface area contributed by atoms with Crippen molar-refractivity contribution >= 4 is 23.2 Å². The third-order valence-electron chi connectivity index (χ3n) is 2.71. The lowest BCUT2D eigenvalue weighted by Crippen LogP contribution is -1.94. The van der Waals surface area contributed by atoms with E-state index >= 15 is 0 Å². The monoisotopic (exact) mass is 304 g/mol. The summed E-state index contributed by atoms with van der Waals surface area (Å²) in [6.45, 7) is 0. The number of hydrogen-bond acceptors (Lipinski definition) is 2. The fraction of sp³-hybridized carbons (Fsp3) is 0. The Kier molecular flexibility index (Phi) is 3.63. The van der Waals surface area contributed by atoms with Crippen molar-refractivity contribution in [3.8, 4) is 17.2 Å². The topological polar surface area (TPSA) is 27.1 Å². The van der Waals surface area contributed by atoms with Crippen LogP contribution >= 0.6 is 23.2 Å². The van der Waals surface area contributed by atoms with E-state index < -0.39 is 0 Å². The molecular formula is C15H10Cl2N2O. The zero-order valence-electron chi connectivity index (χ0n) is 10.3. The average molecular weight is 305 g/mol. The molecule has 3 rings (SSSR count). The van der Waals surface area contributed by atoms with Crippen molar-refractivity contribution < 1.29 is 4.74 Å². The zero-order chi connectivity index (χ0) is 13.9. The van der Waals surface area contributed by atoms with Gasteiger partial charge in [0.25, 0.3) is 0 Å². The molecule has 0 bridgehead atoms. The number of halogens is 2. The summed E-state index contributed by atoms with van der Waals surface area (Å²) in [5, 5.41) is 5.55. The molecule has 0 atom stereocenters. The van der Waals surface area contributed by atoms with Crippen molar-refractivity contribution in [3.63, 3.8) is 0 Å². The summed E-state index contributed by atoms with van der Waals surface area (Å²) in [5.41, 5.74) is 0.806.